The van der Waals surface area contributed by atoms with E-state index in [1.807, 2.05) is 0 Å². The summed E-state index contributed by atoms with van der Waals surface area (Å²) >= 11 is 0. The zero-order valence-electron chi connectivity index (χ0n) is 11.3. The van der Waals surface area contributed by atoms with Gasteiger partial charge in [0.25, 0.3) is 0 Å². The number of halogens is 2. The number of nitrogens with zero attached hydrogens (tertiary/aromatic N) is 1. The molecule has 8 nitrogen and oxygen atoms in total. The second kappa shape index (κ2) is 19.7. The average molecular weight is 331 g/mol. The molecule has 0 aliphatic rings. The van der Waals surface area contributed by atoms with Crippen LogP contribution in [0.25, 0.3) is 0 Å². The number of aliphatic hydroxyl groups excluding tert-OH is 1. The van der Waals surface area contributed by atoms with E-state index in [9.17, 15) is 9.59 Å². The van der Waals surface area contributed by atoms with Crippen LogP contribution in [0.15, 0.2) is 0 Å². The van der Waals surface area contributed by atoms with E-state index in [-0.39, 0.29) is 55.2 Å². The molecule has 0 aliphatic carbocycles. The van der Waals surface area contributed by atoms with Crippen LogP contribution in [0.1, 0.15) is 12.8 Å². The van der Waals surface area contributed by atoms with Gasteiger partial charge in [0.05, 0.1) is 40.6 Å². The summed E-state index contributed by atoms with van der Waals surface area (Å²) in [5.41, 5.74) is 0. The van der Waals surface area contributed by atoms with Crippen LogP contribution in [0, 0.1) is 0 Å². The molecule has 0 radical (unpaired) electrons. The maximum absolute atomic E-state index is 9.64. The lowest BCUT2D eigenvalue weighted by molar-refractivity contribution is -0.870. The van der Waals surface area contributed by atoms with Crippen LogP contribution < -0.4 is 0 Å². The molecule has 0 fully saturated rings. The summed E-state index contributed by atoms with van der Waals surface area (Å²) in [5.74, 6) is -2.15. The highest BCUT2D eigenvalue weighted by Crippen LogP contribution is 1.86. The normalized spacial score (nSPS) is 8.00. The summed E-state index contributed by atoms with van der Waals surface area (Å²) in [6.45, 7) is 1.11. The molecule has 0 saturated carbocycles. The fourth-order valence-electron chi connectivity index (χ4n) is 0.514. The van der Waals surface area contributed by atoms with Crippen LogP contribution >= 0.6 is 24.8 Å². The smallest absolute Gasteiger partial charge is 0.303 e. The molecule has 0 rings (SSSR count). The SMILES string of the molecule is C[N+](C)(C)CCO.Cl.Cl.O.O.O=C(O)CCC(=O)O. The zero-order chi connectivity index (χ0) is 12.5. The Kier molecular flexibility index (Phi) is 37.5. The Morgan fingerprint density at radius 3 is 1.21 bits per heavy atom. The van der Waals surface area contributed by atoms with Gasteiger partial charge in [-0.15, -0.1) is 24.8 Å². The summed E-state index contributed by atoms with van der Waals surface area (Å²) < 4.78 is 0.844. The third-order valence-corrected chi connectivity index (χ3v) is 1.32. The number of aliphatic hydroxyl groups is 1. The zero-order valence-corrected chi connectivity index (χ0v) is 12.9. The lowest BCUT2D eigenvalue weighted by Crippen LogP contribution is -2.36. The highest BCUT2D eigenvalue weighted by atomic mass is 35.5. The first-order valence-corrected chi connectivity index (χ1v) is 4.54. The van der Waals surface area contributed by atoms with Gasteiger partial charge in [0, 0.05) is 0 Å². The molecule has 0 unspecified atom stereocenters. The first kappa shape index (κ1) is 36.2. The summed E-state index contributed by atoms with van der Waals surface area (Å²) in [7, 11) is 6.16. The fraction of sp³-hybridized carbons (Fsp3) is 0.778. The Hall–Kier alpha value is -0.640. The first-order chi connectivity index (χ1) is 6.69. The number of quaternary nitrogens is 1. The molecule has 0 amide bonds. The van der Waals surface area contributed by atoms with Crippen molar-refractivity contribution in [2.45, 2.75) is 12.8 Å². The predicted octanol–water partition coefficient (Wildman–Crippen LogP) is -1.19. The van der Waals surface area contributed by atoms with E-state index in [0.717, 1.165) is 11.0 Å². The van der Waals surface area contributed by atoms with Gasteiger partial charge < -0.3 is 30.8 Å². The Bertz CT molecular complexity index is 195. The van der Waals surface area contributed by atoms with Gasteiger partial charge in [0.1, 0.15) is 6.54 Å². The van der Waals surface area contributed by atoms with Gasteiger partial charge in [-0.25, -0.2) is 0 Å². The number of rotatable bonds is 5. The number of hydrogen-bond donors (Lipinski definition) is 3. The summed E-state index contributed by atoms with van der Waals surface area (Å²) in [6.07, 6.45) is -0.593. The largest absolute Gasteiger partial charge is 0.481 e. The minimum Gasteiger partial charge on any atom is -0.481 e. The quantitative estimate of drug-likeness (QED) is 0.540. The number of aliphatic carboxylic acids is 2. The molecule has 0 aliphatic heterocycles. The molecular weight excluding hydrogens is 305 g/mol. The second-order valence-corrected chi connectivity index (χ2v) is 4.03. The molecule has 0 heterocycles. The van der Waals surface area contributed by atoms with Gasteiger partial charge in [-0.2, -0.15) is 0 Å². The molecule has 0 spiro atoms. The number of carboxylic acid groups (broad SMARTS) is 2. The number of likely N-dealkylation sites (N-methyl/N-ethyl adjacent to an activating group) is 1. The highest BCUT2D eigenvalue weighted by molar-refractivity contribution is 5.85. The van der Waals surface area contributed by atoms with E-state index in [0.29, 0.717) is 0 Å². The van der Waals surface area contributed by atoms with E-state index in [1.165, 1.54) is 0 Å². The second-order valence-electron chi connectivity index (χ2n) is 4.03. The van der Waals surface area contributed by atoms with Crippen LogP contribution in [-0.2, 0) is 9.59 Å². The van der Waals surface area contributed by atoms with Crippen LogP contribution in [-0.4, -0.2) is 77.0 Å². The predicted molar refractivity (Wildman–Crippen MR) is 76.2 cm³/mol. The van der Waals surface area contributed by atoms with E-state index in [4.69, 9.17) is 15.3 Å². The van der Waals surface area contributed by atoms with Gasteiger partial charge in [0.15, 0.2) is 0 Å². The minimum atomic E-state index is -1.08. The maximum atomic E-state index is 9.64. The molecule has 19 heavy (non-hydrogen) atoms. The lowest BCUT2D eigenvalue weighted by Gasteiger charge is -2.21. The summed E-state index contributed by atoms with van der Waals surface area (Å²) in [6, 6.07) is 0. The number of carboxylic acids is 2. The fourth-order valence-corrected chi connectivity index (χ4v) is 0.514. The average Bonchev–Trinajstić information content (AvgIpc) is 1.99. The van der Waals surface area contributed by atoms with Crippen molar-refractivity contribution in [3.63, 3.8) is 0 Å². The first-order valence-electron chi connectivity index (χ1n) is 4.54. The van der Waals surface area contributed by atoms with Crippen molar-refractivity contribution in [2.75, 3.05) is 34.3 Å². The van der Waals surface area contributed by atoms with Crippen LogP contribution in [0.5, 0.6) is 0 Å². The molecule has 0 bridgehead atoms. The monoisotopic (exact) mass is 330 g/mol. The van der Waals surface area contributed by atoms with Gasteiger partial charge in [-0.05, 0) is 0 Å². The van der Waals surface area contributed by atoms with Crippen molar-refractivity contribution < 1.29 is 40.3 Å². The topological polar surface area (TPSA) is 158 Å². The van der Waals surface area contributed by atoms with E-state index in [1.54, 1.807) is 0 Å². The Morgan fingerprint density at radius 2 is 1.16 bits per heavy atom. The molecule has 7 N–H and O–H groups in total. The van der Waals surface area contributed by atoms with Crippen molar-refractivity contribution in [3.05, 3.63) is 0 Å². The van der Waals surface area contributed by atoms with Crippen LogP contribution in [0.3, 0.4) is 0 Å². The molecule has 0 aromatic heterocycles. The molecule has 122 valence electrons. The van der Waals surface area contributed by atoms with E-state index in [2.05, 4.69) is 21.1 Å². The molecule has 0 saturated heterocycles. The molecule has 0 aromatic rings. The van der Waals surface area contributed by atoms with Gasteiger partial charge in [0.2, 0.25) is 0 Å². The molecular formula is C9H26Cl2NO7+. The van der Waals surface area contributed by atoms with Crippen molar-refractivity contribution in [2.24, 2.45) is 0 Å². The van der Waals surface area contributed by atoms with Gasteiger partial charge >= 0.3 is 11.9 Å². The molecule has 0 atom stereocenters. The summed E-state index contributed by atoms with van der Waals surface area (Å²) in [4.78, 5) is 19.3. The van der Waals surface area contributed by atoms with Gasteiger partial charge in [-0.3, -0.25) is 9.59 Å². The van der Waals surface area contributed by atoms with Crippen LogP contribution in [0.4, 0.5) is 0 Å². The van der Waals surface area contributed by atoms with E-state index >= 15 is 0 Å². The lowest BCUT2D eigenvalue weighted by atomic mass is 10.3. The third kappa shape index (κ3) is 58.6. The summed E-state index contributed by atoms with van der Waals surface area (Å²) in [5, 5.41) is 24.2. The molecule has 0 aromatic carbocycles. The number of hydrogen-bond acceptors (Lipinski definition) is 3. The number of carbonyl (C=O) groups is 2. The van der Waals surface area contributed by atoms with Crippen molar-refractivity contribution in [3.8, 4) is 0 Å². The van der Waals surface area contributed by atoms with Crippen molar-refractivity contribution in [1.82, 2.24) is 0 Å². The van der Waals surface area contributed by atoms with Crippen molar-refractivity contribution >= 4 is 36.8 Å². The Morgan fingerprint density at radius 1 is 0.895 bits per heavy atom. The van der Waals surface area contributed by atoms with Crippen LogP contribution in [0.2, 0.25) is 0 Å². The molecule has 10 heteroatoms. The maximum Gasteiger partial charge on any atom is 0.303 e. The Labute approximate surface area is 125 Å². The highest BCUT2D eigenvalue weighted by Gasteiger charge is 2.02. The standard InChI is InChI=1S/C5H14NO.C4H6O4.2ClH.2H2O/c1-6(2,3)4-5-7;5-3(6)1-2-4(7)8;;;;/h7H,4-5H2,1-3H3;1-2H2,(H,5,6)(H,7,8);2*1H;2*1H2/q+1;;;;;. The Balaban J connectivity index is -0.0000000369. The van der Waals surface area contributed by atoms with Crippen molar-refractivity contribution in [1.29, 1.82) is 0 Å². The third-order valence-electron chi connectivity index (χ3n) is 1.32. The minimum absolute atomic E-state index is 0. The van der Waals surface area contributed by atoms with Gasteiger partial charge in [-0.1, -0.05) is 0 Å². The van der Waals surface area contributed by atoms with E-state index < -0.39 is 11.9 Å².